The lowest BCUT2D eigenvalue weighted by Crippen LogP contribution is -2.09. The molecule has 0 aliphatic rings. The molecule has 0 saturated carbocycles. The van der Waals surface area contributed by atoms with Crippen LogP contribution in [0.3, 0.4) is 0 Å². The summed E-state index contributed by atoms with van der Waals surface area (Å²) in [6.45, 7) is 0. The first-order valence-corrected chi connectivity index (χ1v) is 8.48. The van der Waals surface area contributed by atoms with Crippen molar-refractivity contribution < 1.29 is 13.2 Å². The number of nitrogens with zero attached hydrogens (tertiary/aromatic N) is 2. The van der Waals surface area contributed by atoms with Gasteiger partial charge in [0, 0.05) is 14.9 Å². The highest BCUT2D eigenvalue weighted by Crippen LogP contribution is 2.39. The Balaban J connectivity index is 2.01. The van der Waals surface area contributed by atoms with E-state index in [4.69, 9.17) is 0 Å². The fourth-order valence-electron chi connectivity index (χ4n) is 2.02. The lowest BCUT2D eigenvalue weighted by molar-refractivity contribution is -0.140. The number of hydrogen-bond acceptors (Lipinski definition) is 3. The van der Waals surface area contributed by atoms with Crippen molar-refractivity contribution in [3.05, 3.63) is 70.7 Å². The maximum Gasteiger partial charge on any atom is 0.419 e. The van der Waals surface area contributed by atoms with Crippen LogP contribution < -0.4 is 0 Å². The fraction of sp³-hybridized carbons (Fsp3) is 0.0588. The summed E-state index contributed by atoms with van der Waals surface area (Å²) in [6.07, 6.45) is -4.50. The first-order valence-electron chi connectivity index (χ1n) is 6.87. The third-order valence-corrected chi connectivity index (χ3v) is 4.69. The van der Waals surface area contributed by atoms with Gasteiger partial charge in [0.15, 0.2) is 0 Å². The molecular weight excluding hydrogens is 401 g/mol. The average Bonchev–Trinajstić information content (AvgIpc) is 2.57. The summed E-state index contributed by atoms with van der Waals surface area (Å²) in [5, 5.41) is 7.61. The Morgan fingerprint density at radius 3 is 2.17 bits per heavy atom. The van der Waals surface area contributed by atoms with E-state index in [0.29, 0.717) is 10.5 Å². The number of hydrogen-bond donors (Lipinski definition) is 0. The molecule has 0 fully saturated rings. The molecule has 0 radical (unpaired) electrons. The smallest absolute Gasteiger partial charge is 0.166 e. The topological polar surface area (TPSA) is 25.8 Å². The number of alkyl halides is 3. The molecule has 7 heteroatoms. The second kappa shape index (κ2) is 6.94. The minimum atomic E-state index is -4.50. The van der Waals surface area contributed by atoms with E-state index in [-0.39, 0.29) is 10.7 Å². The predicted octanol–water partition coefficient (Wildman–Crippen LogP) is 6.08. The summed E-state index contributed by atoms with van der Waals surface area (Å²) in [5.41, 5.74) is 0.00282. The van der Waals surface area contributed by atoms with Gasteiger partial charge < -0.3 is 0 Å². The highest BCUT2D eigenvalue weighted by Gasteiger charge is 2.35. The third kappa shape index (κ3) is 3.96. The summed E-state index contributed by atoms with van der Waals surface area (Å²) in [7, 11) is 0. The Kier molecular flexibility index (Phi) is 4.91. The van der Waals surface area contributed by atoms with Crippen LogP contribution in [0, 0.1) is 0 Å². The van der Waals surface area contributed by atoms with E-state index in [9.17, 15) is 13.2 Å². The Morgan fingerprint density at radius 1 is 0.875 bits per heavy atom. The highest BCUT2D eigenvalue weighted by atomic mass is 79.9. The summed E-state index contributed by atoms with van der Waals surface area (Å²) in [5.74, 6) is 0. The van der Waals surface area contributed by atoms with E-state index < -0.39 is 11.7 Å². The number of aromatic nitrogens is 2. The number of benzene rings is 2. The zero-order chi connectivity index (χ0) is 17.2. The van der Waals surface area contributed by atoms with Crippen molar-refractivity contribution in [2.75, 3.05) is 0 Å². The first kappa shape index (κ1) is 17.0. The van der Waals surface area contributed by atoms with Crippen LogP contribution >= 0.6 is 27.7 Å². The van der Waals surface area contributed by atoms with Crippen LogP contribution in [0.4, 0.5) is 13.2 Å². The van der Waals surface area contributed by atoms with Crippen LogP contribution in [0.1, 0.15) is 5.56 Å². The minimum Gasteiger partial charge on any atom is -0.166 e. The molecule has 0 amide bonds. The van der Waals surface area contributed by atoms with Gasteiger partial charge in [-0.15, -0.1) is 10.2 Å². The Labute approximate surface area is 149 Å². The van der Waals surface area contributed by atoms with Gasteiger partial charge in [-0.2, -0.15) is 13.2 Å². The number of halogens is 4. The Morgan fingerprint density at radius 2 is 1.54 bits per heavy atom. The fourth-order valence-corrected chi connectivity index (χ4v) is 3.15. The maximum atomic E-state index is 13.4. The largest absolute Gasteiger partial charge is 0.419 e. The minimum absolute atomic E-state index is 0.162. The van der Waals surface area contributed by atoms with E-state index >= 15 is 0 Å². The molecule has 0 spiro atoms. The Hall–Kier alpha value is -1.86. The SMILES string of the molecule is FC(F)(F)c1cc(-c2ccccc2)nnc1Sc1ccc(Br)cc1. The standard InChI is InChI=1S/C17H10BrF3N2S/c18-12-6-8-13(9-7-12)24-16-14(17(19,20)21)10-15(22-23-16)11-4-2-1-3-5-11/h1-10H. The van der Waals surface area contributed by atoms with Crippen LogP contribution in [-0.2, 0) is 6.18 Å². The predicted molar refractivity (Wildman–Crippen MR) is 90.7 cm³/mol. The average molecular weight is 411 g/mol. The summed E-state index contributed by atoms with van der Waals surface area (Å²) in [4.78, 5) is 0.658. The zero-order valence-corrected chi connectivity index (χ0v) is 14.5. The van der Waals surface area contributed by atoms with Crippen LogP contribution in [-0.4, -0.2) is 10.2 Å². The molecule has 0 bridgehead atoms. The summed E-state index contributed by atoms with van der Waals surface area (Å²) in [6, 6.07) is 16.7. The van der Waals surface area contributed by atoms with Gasteiger partial charge in [-0.3, -0.25) is 0 Å². The van der Waals surface area contributed by atoms with Gasteiger partial charge in [-0.1, -0.05) is 58.0 Å². The molecule has 122 valence electrons. The van der Waals surface area contributed by atoms with Gasteiger partial charge in [0.05, 0.1) is 11.3 Å². The van der Waals surface area contributed by atoms with Crippen molar-refractivity contribution in [2.24, 2.45) is 0 Å². The summed E-state index contributed by atoms with van der Waals surface area (Å²) < 4.78 is 41.1. The van der Waals surface area contributed by atoms with Crippen LogP contribution in [0.2, 0.25) is 0 Å². The number of rotatable bonds is 3. The molecule has 3 aromatic rings. The molecule has 2 aromatic carbocycles. The molecule has 0 unspecified atom stereocenters. The van der Waals surface area contributed by atoms with E-state index in [0.717, 1.165) is 22.3 Å². The van der Waals surface area contributed by atoms with Crippen LogP contribution in [0.25, 0.3) is 11.3 Å². The highest BCUT2D eigenvalue weighted by molar-refractivity contribution is 9.10. The third-order valence-electron chi connectivity index (χ3n) is 3.16. The maximum absolute atomic E-state index is 13.4. The van der Waals surface area contributed by atoms with Crippen molar-refractivity contribution in [3.8, 4) is 11.3 Å². The van der Waals surface area contributed by atoms with Crippen LogP contribution in [0.5, 0.6) is 0 Å². The van der Waals surface area contributed by atoms with Gasteiger partial charge in [-0.25, -0.2) is 0 Å². The molecule has 0 aliphatic carbocycles. The second-order valence-corrected chi connectivity index (χ2v) is 6.85. The molecule has 0 aliphatic heterocycles. The van der Waals surface area contributed by atoms with E-state index in [1.54, 1.807) is 54.6 Å². The molecule has 1 heterocycles. The van der Waals surface area contributed by atoms with E-state index in [1.807, 2.05) is 0 Å². The molecule has 2 nitrogen and oxygen atoms in total. The van der Waals surface area contributed by atoms with Crippen LogP contribution in [0.15, 0.2) is 75.1 Å². The van der Waals surface area contributed by atoms with Gasteiger partial charge in [0.1, 0.15) is 5.03 Å². The lowest BCUT2D eigenvalue weighted by Gasteiger charge is -2.12. The first-order chi connectivity index (χ1) is 11.4. The van der Waals surface area contributed by atoms with E-state index in [2.05, 4.69) is 26.1 Å². The summed E-state index contributed by atoms with van der Waals surface area (Å²) >= 11 is 4.23. The monoisotopic (exact) mass is 410 g/mol. The van der Waals surface area contributed by atoms with Crippen molar-refractivity contribution in [3.63, 3.8) is 0 Å². The molecule has 1 aromatic heterocycles. The van der Waals surface area contributed by atoms with Gasteiger partial charge in [0.25, 0.3) is 0 Å². The van der Waals surface area contributed by atoms with Crippen molar-refractivity contribution in [1.29, 1.82) is 0 Å². The molecule has 24 heavy (non-hydrogen) atoms. The molecular formula is C17H10BrF3N2S. The molecule has 0 N–H and O–H groups in total. The zero-order valence-electron chi connectivity index (χ0n) is 12.1. The van der Waals surface area contributed by atoms with Crippen molar-refractivity contribution in [1.82, 2.24) is 10.2 Å². The van der Waals surface area contributed by atoms with Crippen molar-refractivity contribution in [2.45, 2.75) is 16.1 Å². The molecule has 3 rings (SSSR count). The van der Waals surface area contributed by atoms with Gasteiger partial charge in [-0.05, 0) is 30.3 Å². The second-order valence-electron chi connectivity index (χ2n) is 4.87. The molecule has 0 atom stereocenters. The van der Waals surface area contributed by atoms with E-state index in [1.165, 1.54) is 0 Å². The van der Waals surface area contributed by atoms with Crippen molar-refractivity contribution >= 4 is 27.7 Å². The Bertz CT molecular complexity index is 837. The normalized spacial score (nSPS) is 11.5. The lowest BCUT2D eigenvalue weighted by atomic mass is 10.1. The van der Waals surface area contributed by atoms with Gasteiger partial charge in [0.2, 0.25) is 0 Å². The molecule has 0 saturated heterocycles. The van der Waals surface area contributed by atoms with Gasteiger partial charge >= 0.3 is 6.18 Å². The quantitative estimate of drug-likeness (QED) is 0.523.